The largest absolute Gasteiger partial charge is 0.309 e. The zero-order chi connectivity index (χ0) is 105. The maximum absolute atomic E-state index is 2.51. The highest BCUT2D eigenvalue weighted by atomic mass is 15.0. The average Bonchev–Trinajstić information content (AvgIpc) is 1.55. The highest BCUT2D eigenvalue weighted by Crippen LogP contribution is 2.56. The third-order valence-corrected chi connectivity index (χ3v) is 33.6. The lowest BCUT2D eigenvalue weighted by atomic mass is 9.80. The molecule has 0 radical (unpaired) electrons. The Labute approximate surface area is 889 Å². The van der Waals surface area contributed by atoms with E-state index in [0.717, 1.165) is 11.4 Å². The predicted octanol–water partition coefficient (Wildman–Crippen LogP) is 40.8. The van der Waals surface area contributed by atoms with Gasteiger partial charge in [0.25, 0.3) is 0 Å². The lowest BCUT2D eigenvalue weighted by Gasteiger charge is -2.24. The van der Waals surface area contributed by atoms with Gasteiger partial charge in [-0.25, -0.2) is 0 Å². The zero-order valence-corrected chi connectivity index (χ0v) is 93.4. The normalized spacial score (nSPS) is 13.8. The Kier molecular flexibility index (Phi) is 22.9. The van der Waals surface area contributed by atoms with Gasteiger partial charge in [-0.15, -0.1) is 0 Å². The van der Waals surface area contributed by atoms with Crippen LogP contribution >= 0.6 is 0 Å². The second-order valence-corrected chi connectivity index (χ2v) is 52.8. The number of fused-ring (bicyclic) bond motifs is 18. The number of hydrogen-bond acceptors (Lipinski definition) is 0. The molecule has 4 aromatic heterocycles. The van der Waals surface area contributed by atoms with Crippen LogP contribution in [0.4, 0.5) is 0 Å². The Balaban J connectivity index is 0.000000165. The molecule has 0 amide bonds. The minimum atomic E-state index is -0.188. The molecule has 150 heavy (non-hydrogen) atoms. The van der Waals surface area contributed by atoms with Gasteiger partial charge < -0.3 is 18.3 Å². The second-order valence-electron chi connectivity index (χ2n) is 52.8. The van der Waals surface area contributed by atoms with E-state index in [1.807, 2.05) is 0 Å². The lowest BCUT2D eigenvalue weighted by Crippen LogP contribution is -2.16. The Morgan fingerprint density at radius 2 is 0.280 bits per heavy atom. The monoisotopic (exact) mass is 1950 g/mol. The summed E-state index contributed by atoms with van der Waals surface area (Å²) in [7, 11) is 0. The highest BCUT2D eigenvalue weighted by Gasteiger charge is 2.40. The molecule has 0 bridgehead atoms. The van der Waals surface area contributed by atoms with E-state index in [4.69, 9.17) is 0 Å². The van der Waals surface area contributed by atoms with Crippen LogP contribution in [0.5, 0.6) is 0 Å². The minimum absolute atomic E-state index is 0.0571. The van der Waals surface area contributed by atoms with Gasteiger partial charge in [-0.05, 0) is 357 Å². The number of benzene rings is 18. The number of aromatic nitrogens is 4. The molecule has 4 heteroatoms. The fraction of sp³-hybridized carbons (Fsp3) is 0.260. The molecule has 0 saturated carbocycles. The van der Waals surface area contributed by atoms with Gasteiger partial charge in [-0.1, -0.05) is 400 Å². The van der Waals surface area contributed by atoms with E-state index in [0.29, 0.717) is 0 Å². The van der Waals surface area contributed by atoms with Crippen molar-refractivity contribution in [1.29, 1.82) is 0 Å². The Morgan fingerprint density at radius 3 is 0.500 bits per heavy atom. The van der Waals surface area contributed by atoms with E-state index in [1.165, 1.54) is 254 Å². The van der Waals surface area contributed by atoms with E-state index < -0.39 is 0 Å². The summed E-state index contributed by atoms with van der Waals surface area (Å²) >= 11 is 0. The van der Waals surface area contributed by atoms with Crippen LogP contribution in [0.15, 0.2) is 364 Å². The van der Waals surface area contributed by atoms with Crippen molar-refractivity contribution in [3.63, 3.8) is 0 Å². The van der Waals surface area contributed by atoms with Crippen molar-refractivity contribution in [2.75, 3.05) is 0 Å². The van der Waals surface area contributed by atoms with Gasteiger partial charge in [0.2, 0.25) is 0 Å². The number of rotatable bonds is 10. The quantitative estimate of drug-likeness (QED) is 0.130. The molecule has 0 atom stereocenters. The molecular formula is C146H144N4. The van der Waals surface area contributed by atoms with Crippen LogP contribution < -0.4 is 0 Å². The van der Waals surface area contributed by atoms with Gasteiger partial charge in [0.15, 0.2) is 0 Å². The first-order chi connectivity index (χ1) is 70.9. The van der Waals surface area contributed by atoms with Crippen molar-refractivity contribution < 1.29 is 0 Å². The topological polar surface area (TPSA) is 19.7 Å². The highest BCUT2D eigenvalue weighted by molar-refractivity contribution is 6.15. The van der Waals surface area contributed by atoms with Gasteiger partial charge in [0, 0.05) is 76.7 Å². The lowest BCUT2D eigenvalue weighted by molar-refractivity contribution is 0.590. The SMILES string of the molecule is CC(C)(C)c1ccc(-c2ccc3c(c2)c2cc(-c4ccc(C(C)(C)C)cc4)ccc2n3-c2ccc(-c3ccc(-n4c5ccc(-c6ccc(C(C)(C)C)cc6)cc5c5cc(-c6ccc(C(C)(C)C)cc6)ccc54)cc3)cc2)cc1.CC(C)(C)c1ccc2c(c1)c1cc(C(C)(C)C)ccc1n2-c1ccc2c(c1)C(C)(C)c1cc(-c3ccc4c(c3)C(C)(C)c3cc(-n5c6ccc(C(C)(C)C)cc6c6cc(C(C)(C)C)ccc65)ccc3-4)ccc1-2. The van der Waals surface area contributed by atoms with Crippen LogP contribution in [-0.2, 0) is 54.1 Å². The standard InChI is InChI=1S/C76H72N2.C70H72N2/c1-73(2,3)59-29-13-51(14-30-59)55-25-41-69-65(45-55)66-46-56(52-15-31-60(32-16-52)74(4,5)6)26-42-70(66)77(69)63-37-21-49(22-38-63)50-23-39-64(40-24-50)78-71-43-27-57(53-17-33-61(34-18-53)75(7,8)9)47-67(71)68-48-58(28-44-72(68)78)54-19-35-62(36-20-54)76(10,11)12;1-65(2,3)43-19-29-61-53(35-43)54-36-44(66(4,5)6)20-30-62(54)71(61)47-23-27-51-49-25-17-41(33-57(49)69(13,14)59(51)39-47)42-18-26-50-52-28-24-48(40-60(52)70(15,16)58(50)34-42)72-63-31-21-45(67(7,8)9)37-55(63)56-38-46(68(10,11)12)22-32-64(56)72/h13-48H,1-12H3;17-40H,1-16H3. The Bertz CT molecular complexity index is 8290. The molecule has 748 valence electrons. The molecule has 0 unspecified atom stereocenters. The molecule has 2 aliphatic rings. The van der Waals surface area contributed by atoms with Crippen molar-refractivity contribution in [3.8, 4) is 112 Å². The van der Waals surface area contributed by atoms with Crippen LogP contribution in [0.2, 0.25) is 0 Å². The summed E-state index contributed by atoms with van der Waals surface area (Å²) in [6, 6.07) is 140. The third kappa shape index (κ3) is 17.1. The minimum Gasteiger partial charge on any atom is -0.309 e. The van der Waals surface area contributed by atoms with Crippen molar-refractivity contribution in [1.82, 2.24) is 18.3 Å². The molecule has 0 N–H and O–H groups in total. The van der Waals surface area contributed by atoms with Gasteiger partial charge >= 0.3 is 0 Å². The summed E-state index contributed by atoms with van der Waals surface area (Å²) < 4.78 is 9.90. The van der Waals surface area contributed by atoms with E-state index in [-0.39, 0.29) is 54.1 Å². The van der Waals surface area contributed by atoms with Gasteiger partial charge in [-0.2, -0.15) is 0 Å². The van der Waals surface area contributed by atoms with Crippen LogP contribution in [0, 0.1) is 0 Å². The molecule has 24 rings (SSSR count). The maximum atomic E-state index is 2.51. The van der Waals surface area contributed by atoms with E-state index in [1.54, 1.807) is 0 Å². The fourth-order valence-electron chi connectivity index (χ4n) is 24.1. The molecule has 0 spiro atoms. The maximum Gasteiger partial charge on any atom is 0.0541 e. The van der Waals surface area contributed by atoms with Crippen molar-refractivity contribution in [2.24, 2.45) is 0 Å². The average molecular weight is 1950 g/mol. The summed E-state index contributed by atoms with van der Waals surface area (Å²) in [4.78, 5) is 0. The first-order valence-corrected chi connectivity index (χ1v) is 54.5. The molecule has 4 heterocycles. The molecule has 18 aromatic carbocycles. The fourth-order valence-corrected chi connectivity index (χ4v) is 24.1. The van der Waals surface area contributed by atoms with Crippen LogP contribution in [0.1, 0.15) is 261 Å². The Morgan fingerprint density at radius 1 is 0.133 bits per heavy atom. The smallest absolute Gasteiger partial charge is 0.0541 e. The molecule has 22 aromatic rings. The van der Waals surface area contributed by atoms with Crippen molar-refractivity contribution in [2.45, 2.75) is 248 Å². The van der Waals surface area contributed by atoms with Gasteiger partial charge in [0.1, 0.15) is 0 Å². The molecule has 0 saturated heterocycles. The third-order valence-electron chi connectivity index (χ3n) is 33.6. The van der Waals surface area contributed by atoms with Crippen LogP contribution in [0.25, 0.3) is 199 Å². The zero-order valence-electron chi connectivity index (χ0n) is 93.4. The molecule has 0 fully saturated rings. The summed E-state index contributed by atoms with van der Waals surface area (Å²) in [5, 5.41) is 10.3. The number of hydrogen-bond donors (Lipinski definition) is 0. The summed E-state index contributed by atoms with van der Waals surface area (Å²) in [6.07, 6.45) is 0. The van der Waals surface area contributed by atoms with E-state index >= 15 is 0 Å². The first-order valence-electron chi connectivity index (χ1n) is 54.5. The van der Waals surface area contributed by atoms with Crippen LogP contribution in [-0.4, -0.2) is 18.3 Å². The summed E-state index contributed by atoms with van der Waals surface area (Å²) in [6.45, 7) is 64.8. The molecule has 2 aliphatic carbocycles. The molecular weight excluding hydrogens is 1810 g/mol. The van der Waals surface area contributed by atoms with E-state index in [2.05, 4.69) is 576 Å². The van der Waals surface area contributed by atoms with Crippen LogP contribution in [0.3, 0.4) is 0 Å². The van der Waals surface area contributed by atoms with Crippen molar-refractivity contribution >= 4 is 87.2 Å². The first kappa shape index (κ1) is 98.5. The number of nitrogens with zero attached hydrogens (tertiary/aromatic N) is 4. The molecule has 4 nitrogen and oxygen atoms in total. The summed E-state index contributed by atoms with van der Waals surface area (Å²) in [5.74, 6) is 0. The summed E-state index contributed by atoms with van der Waals surface area (Å²) in [5.41, 5.74) is 51.2. The second kappa shape index (κ2) is 34.9. The van der Waals surface area contributed by atoms with Crippen molar-refractivity contribution in [3.05, 3.63) is 431 Å². The Hall–Kier alpha value is -14.8. The van der Waals surface area contributed by atoms with Gasteiger partial charge in [0.05, 0.1) is 44.1 Å². The predicted molar refractivity (Wildman–Crippen MR) is 648 cm³/mol. The van der Waals surface area contributed by atoms with Gasteiger partial charge in [-0.3, -0.25) is 0 Å². The van der Waals surface area contributed by atoms with E-state index in [9.17, 15) is 0 Å². The molecule has 0 aliphatic heterocycles.